The van der Waals surface area contributed by atoms with Crippen LogP contribution in [0.25, 0.3) is 0 Å². The predicted octanol–water partition coefficient (Wildman–Crippen LogP) is 4.09. The number of hydrogen-bond donors (Lipinski definition) is 0. The number of halogens is 2. The SMILES string of the molecule is O=C(OC1CCCC1)c1cc(Cl)ccc1Cl. The van der Waals surface area contributed by atoms with Gasteiger partial charge in [0, 0.05) is 5.02 Å². The van der Waals surface area contributed by atoms with Gasteiger partial charge in [0.15, 0.2) is 0 Å². The molecule has 0 aliphatic heterocycles. The number of carbonyl (C=O) groups is 1. The molecule has 1 fully saturated rings. The lowest BCUT2D eigenvalue weighted by molar-refractivity contribution is 0.0318. The van der Waals surface area contributed by atoms with Gasteiger partial charge in [-0.05, 0) is 43.9 Å². The van der Waals surface area contributed by atoms with Crippen LogP contribution >= 0.6 is 23.2 Å². The summed E-state index contributed by atoms with van der Waals surface area (Å²) in [6.45, 7) is 0. The number of benzene rings is 1. The summed E-state index contributed by atoms with van der Waals surface area (Å²) in [6, 6.07) is 4.80. The molecule has 16 heavy (non-hydrogen) atoms. The largest absolute Gasteiger partial charge is 0.459 e. The monoisotopic (exact) mass is 258 g/mol. The van der Waals surface area contributed by atoms with Crippen molar-refractivity contribution in [2.75, 3.05) is 0 Å². The van der Waals surface area contributed by atoms with Crippen LogP contribution in [-0.2, 0) is 4.74 Å². The van der Waals surface area contributed by atoms with Crippen LogP contribution in [0.5, 0.6) is 0 Å². The Morgan fingerprint density at radius 1 is 1.25 bits per heavy atom. The minimum absolute atomic E-state index is 0.0440. The zero-order valence-electron chi connectivity index (χ0n) is 8.71. The van der Waals surface area contributed by atoms with Gasteiger partial charge in [0.05, 0.1) is 10.6 Å². The lowest BCUT2D eigenvalue weighted by atomic mass is 10.2. The van der Waals surface area contributed by atoms with Crippen LogP contribution in [0.3, 0.4) is 0 Å². The number of esters is 1. The van der Waals surface area contributed by atoms with Crippen LogP contribution < -0.4 is 0 Å². The van der Waals surface area contributed by atoms with Gasteiger partial charge in [0.25, 0.3) is 0 Å². The molecule has 0 spiro atoms. The minimum Gasteiger partial charge on any atom is -0.459 e. The van der Waals surface area contributed by atoms with Crippen molar-refractivity contribution >= 4 is 29.2 Å². The molecule has 0 atom stereocenters. The Morgan fingerprint density at radius 2 is 1.94 bits per heavy atom. The highest BCUT2D eigenvalue weighted by Crippen LogP contribution is 2.25. The van der Waals surface area contributed by atoms with E-state index in [2.05, 4.69) is 0 Å². The normalized spacial score (nSPS) is 16.4. The van der Waals surface area contributed by atoms with Crippen LogP contribution in [0, 0.1) is 0 Å². The molecular weight excluding hydrogens is 247 g/mol. The van der Waals surface area contributed by atoms with Gasteiger partial charge in [-0.25, -0.2) is 4.79 Å². The van der Waals surface area contributed by atoms with E-state index in [1.807, 2.05) is 0 Å². The molecule has 0 amide bonds. The van der Waals surface area contributed by atoms with Crippen molar-refractivity contribution in [2.24, 2.45) is 0 Å². The van der Waals surface area contributed by atoms with E-state index in [4.69, 9.17) is 27.9 Å². The Labute approximate surface area is 104 Å². The van der Waals surface area contributed by atoms with Gasteiger partial charge in [0.2, 0.25) is 0 Å². The van der Waals surface area contributed by atoms with Crippen LogP contribution in [0.1, 0.15) is 36.0 Å². The second-order valence-corrected chi connectivity index (χ2v) is 4.78. The van der Waals surface area contributed by atoms with Crippen molar-refractivity contribution in [3.05, 3.63) is 33.8 Å². The van der Waals surface area contributed by atoms with E-state index < -0.39 is 0 Å². The molecular formula is C12H12Cl2O2. The Hall–Kier alpha value is -0.730. The first-order valence-electron chi connectivity index (χ1n) is 5.33. The van der Waals surface area contributed by atoms with Gasteiger partial charge in [-0.15, -0.1) is 0 Å². The maximum absolute atomic E-state index is 11.8. The molecule has 2 nitrogen and oxygen atoms in total. The molecule has 0 aromatic heterocycles. The van der Waals surface area contributed by atoms with Gasteiger partial charge >= 0.3 is 5.97 Å². The summed E-state index contributed by atoms with van der Waals surface area (Å²) in [4.78, 5) is 11.8. The average molecular weight is 259 g/mol. The molecule has 1 aromatic carbocycles. The zero-order valence-corrected chi connectivity index (χ0v) is 10.2. The summed E-state index contributed by atoms with van der Waals surface area (Å²) < 4.78 is 5.35. The fourth-order valence-corrected chi connectivity index (χ4v) is 2.24. The highest BCUT2D eigenvalue weighted by Gasteiger charge is 2.21. The molecule has 0 bridgehead atoms. The Balaban J connectivity index is 2.10. The first kappa shape index (κ1) is 11.7. The van der Waals surface area contributed by atoms with Crippen molar-refractivity contribution in [2.45, 2.75) is 31.8 Å². The summed E-state index contributed by atoms with van der Waals surface area (Å²) in [5.74, 6) is -0.376. The van der Waals surface area contributed by atoms with Crippen molar-refractivity contribution in [1.29, 1.82) is 0 Å². The third kappa shape index (κ3) is 2.69. The summed E-state index contributed by atoms with van der Waals surface area (Å²) in [6.07, 6.45) is 4.19. The fraction of sp³-hybridized carbons (Fsp3) is 0.417. The van der Waals surface area contributed by atoms with Crippen LogP contribution in [0.2, 0.25) is 10.0 Å². The fourth-order valence-electron chi connectivity index (χ4n) is 1.87. The van der Waals surface area contributed by atoms with E-state index in [1.54, 1.807) is 18.2 Å². The summed E-state index contributed by atoms with van der Waals surface area (Å²) in [7, 11) is 0. The Bertz CT molecular complexity index is 398. The van der Waals surface area contributed by atoms with Gasteiger partial charge in [-0.3, -0.25) is 0 Å². The van der Waals surface area contributed by atoms with Gasteiger partial charge in [-0.2, -0.15) is 0 Å². The molecule has 1 aliphatic carbocycles. The molecule has 1 saturated carbocycles. The number of carbonyl (C=O) groups excluding carboxylic acids is 1. The molecule has 1 aliphatic rings. The van der Waals surface area contributed by atoms with E-state index in [0.29, 0.717) is 15.6 Å². The van der Waals surface area contributed by atoms with Gasteiger partial charge in [-0.1, -0.05) is 23.2 Å². The lowest BCUT2D eigenvalue weighted by Crippen LogP contribution is -2.15. The third-order valence-electron chi connectivity index (χ3n) is 2.72. The highest BCUT2D eigenvalue weighted by molar-refractivity contribution is 6.35. The van der Waals surface area contributed by atoms with E-state index in [1.165, 1.54) is 0 Å². The Morgan fingerprint density at radius 3 is 2.62 bits per heavy atom. The van der Waals surface area contributed by atoms with Crippen LogP contribution in [-0.4, -0.2) is 12.1 Å². The standard InChI is InChI=1S/C12H12Cl2O2/c13-8-5-6-11(14)10(7-8)12(15)16-9-3-1-2-4-9/h5-7,9H,1-4H2. The summed E-state index contributed by atoms with van der Waals surface area (Å²) in [5, 5.41) is 0.871. The van der Waals surface area contributed by atoms with E-state index in [9.17, 15) is 4.79 Å². The van der Waals surface area contributed by atoms with Crippen molar-refractivity contribution in [3.8, 4) is 0 Å². The van der Waals surface area contributed by atoms with Crippen LogP contribution in [0.4, 0.5) is 0 Å². The topological polar surface area (TPSA) is 26.3 Å². The van der Waals surface area contributed by atoms with Crippen molar-refractivity contribution in [1.82, 2.24) is 0 Å². The predicted molar refractivity (Wildman–Crippen MR) is 64.1 cm³/mol. The molecule has 2 rings (SSSR count). The van der Waals surface area contributed by atoms with E-state index >= 15 is 0 Å². The molecule has 0 heterocycles. The van der Waals surface area contributed by atoms with Crippen molar-refractivity contribution in [3.63, 3.8) is 0 Å². The Kier molecular flexibility index (Phi) is 3.72. The molecule has 0 radical (unpaired) electrons. The third-order valence-corrected chi connectivity index (χ3v) is 3.29. The van der Waals surface area contributed by atoms with E-state index in [-0.39, 0.29) is 12.1 Å². The summed E-state index contributed by atoms with van der Waals surface area (Å²) in [5.41, 5.74) is 0.348. The average Bonchev–Trinajstić information content (AvgIpc) is 2.74. The smallest absolute Gasteiger partial charge is 0.339 e. The number of hydrogen-bond acceptors (Lipinski definition) is 2. The molecule has 0 N–H and O–H groups in total. The lowest BCUT2D eigenvalue weighted by Gasteiger charge is -2.12. The molecule has 4 heteroatoms. The maximum Gasteiger partial charge on any atom is 0.339 e. The first-order chi connectivity index (χ1) is 7.66. The zero-order chi connectivity index (χ0) is 11.5. The quantitative estimate of drug-likeness (QED) is 0.747. The highest BCUT2D eigenvalue weighted by atomic mass is 35.5. The number of rotatable bonds is 2. The van der Waals surface area contributed by atoms with Crippen molar-refractivity contribution < 1.29 is 9.53 Å². The minimum atomic E-state index is -0.376. The summed E-state index contributed by atoms with van der Waals surface area (Å²) >= 11 is 11.7. The molecule has 86 valence electrons. The first-order valence-corrected chi connectivity index (χ1v) is 6.08. The second kappa shape index (κ2) is 5.07. The second-order valence-electron chi connectivity index (χ2n) is 3.94. The molecule has 1 aromatic rings. The maximum atomic E-state index is 11.8. The van der Waals surface area contributed by atoms with Gasteiger partial charge in [0.1, 0.15) is 6.10 Å². The molecule has 0 unspecified atom stereocenters. The molecule has 0 saturated heterocycles. The number of ether oxygens (including phenoxy) is 1. The van der Waals surface area contributed by atoms with Gasteiger partial charge < -0.3 is 4.74 Å². The van der Waals surface area contributed by atoms with E-state index in [0.717, 1.165) is 25.7 Å². The van der Waals surface area contributed by atoms with Crippen LogP contribution in [0.15, 0.2) is 18.2 Å².